The van der Waals surface area contributed by atoms with Crippen molar-refractivity contribution in [3.8, 4) is 17.2 Å². The van der Waals surface area contributed by atoms with Gasteiger partial charge in [-0.05, 0) is 37.6 Å². The molecule has 0 saturated heterocycles. The van der Waals surface area contributed by atoms with Gasteiger partial charge in [0, 0.05) is 7.05 Å². The van der Waals surface area contributed by atoms with Crippen LogP contribution in [0.15, 0.2) is 59.4 Å². The average molecular weight is 395 g/mol. The van der Waals surface area contributed by atoms with Crippen LogP contribution in [0.1, 0.15) is 19.0 Å². The summed E-state index contributed by atoms with van der Waals surface area (Å²) in [6.45, 7) is 3.64. The van der Waals surface area contributed by atoms with E-state index in [1.54, 1.807) is 37.9 Å². The van der Waals surface area contributed by atoms with Crippen molar-refractivity contribution in [1.29, 1.82) is 0 Å². The number of methoxy groups -OCH3 is 1. The molecule has 0 aliphatic heterocycles. The Balaban J connectivity index is 1.87. The third-order valence-electron chi connectivity index (χ3n) is 4.80. The van der Waals surface area contributed by atoms with Gasteiger partial charge in [-0.3, -0.25) is 14.3 Å². The first-order chi connectivity index (χ1) is 14.0. The molecule has 0 saturated carbocycles. The van der Waals surface area contributed by atoms with Crippen LogP contribution < -0.4 is 20.3 Å². The van der Waals surface area contributed by atoms with Crippen LogP contribution in [0.4, 0.5) is 5.69 Å². The van der Waals surface area contributed by atoms with Gasteiger partial charge in [0.2, 0.25) is 0 Å². The van der Waals surface area contributed by atoms with Crippen LogP contribution in [0, 0.1) is 6.92 Å². The highest BCUT2D eigenvalue weighted by Gasteiger charge is 2.24. The summed E-state index contributed by atoms with van der Waals surface area (Å²) in [7, 11) is 3.32. The van der Waals surface area contributed by atoms with Gasteiger partial charge in [-0.2, -0.15) is 0 Å². The van der Waals surface area contributed by atoms with Crippen molar-refractivity contribution in [2.24, 2.45) is 7.05 Å². The lowest BCUT2D eigenvalue weighted by molar-refractivity contribution is -0.122. The summed E-state index contributed by atoms with van der Waals surface area (Å²) in [5, 5.41) is 2.76. The van der Waals surface area contributed by atoms with Gasteiger partial charge in [0.1, 0.15) is 5.69 Å². The molecule has 0 radical (unpaired) electrons. The normalized spacial score (nSPS) is 11.7. The molecule has 2 aromatic carbocycles. The highest BCUT2D eigenvalue weighted by molar-refractivity contribution is 5.94. The van der Waals surface area contributed by atoms with E-state index in [9.17, 15) is 9.59 Å². The minimum Gasteiger partial charge on any atom is -0.493 e. The van der Waals surface area contributed by atoms with Crippen molar-refractivity contribution < 1.29 is 14.3 Å². The smallest absolute Gasteiger partial charge is 0.295 e. The number of amides is 1. The highest BCUT2D eigenvalue weighted by Crippen LogP contribution is 2.27. The lowest BCUT2D eigenvalue weighted by Crippen LogP contribution is -2.34. The molecule has 1 heterocycles. The number of ether oxygens (including phenoxy) is 2. The summed E-state index contributed by atoms with van der Waals surface area (Å²) in [5.74, 6) is 0.633. The van der Waals surface area contributed by atoms with E-state index in [0.717, 1.165) is 5.69 Å². The van der Waals surface area contributed by atoms with Crippen LogP contribution >= 0.6 is 0 Å². The second-order valence-electron chi connectivity index (χ2n) is 6.59. The van der Waals surface area contributed by atoms with Gasteiger partial charge in [0.25, 0.3) is 11.5 Å². The van der Waals surface area contributed by atoms with E-state index in [0.29, 0.717) is 23.6 Å². The average Bonchev–Trinajstić information content (AvgIpc) is 2.95. The first-order valence-corrected chi connectivity index (χ1v) is 9.42. The van der Waals surface area contributed by atoms with E-state index in [1.807, 2.05) is 49.4 Å². The molecule has 0 aliphatic rings. The molecule has 7 heteroatoms. The van der Waals surface area contributed by atoms with Gasteiger partial charge in [-0.15, -0.1) is 0 Å². The number of para-hydroxylation sites is 3. The second-order valence-corrected chi connectivity index (χ2v) is 6.59. The third-order valence-corrected chi connectivity index (χ3v) is 4.80. The number of aromatic nitrogens is 2. The minimum atomic E-state index is -0.768. The first kappa shape index (κ1) is 20.3. The molecule has 152 valence electrons. The minimum absolute atomic E-state index is 0.239. The van der Waals surface area contributed by atoms with Crippen molar-refractivity contribution in [1.82, 2.24) is 9.36 Å². The van der Waals surface area contributed by atoms with E-state index in [-0.39, 0.29) is 17.2 Å². The number of carbonyl (C=O) groups is 1. The Kier molecular flexibility index (Phi) is 6.07. The standard InChI is InChI=1S/C22H25N3O4/c1-5-17(29-19-14-10-9-13-18(19)28-4)21(26)23-20-15(2)24(3)25(22(20)27)16-11-7-6-8-12-16/h6-14,17H,5H2,1-4H3,(H,23,26)/t17-/m0/s1. The maximum Gasteiger partial charge on any atom is 0.295 e. The summed E-state index contributed by atoms with van der Waals surface area (Å²) in [6, 6.07) is 16.4. The van der Waals surface area contributed by atoms with Crippen molar-refractivity contribution in [2.75, 3.05) is 12.4 Å². The number of benzene rings is 2. The summed E-state index contributed by atoms with van der Waals surface area (Å²) in [6.07, 6.45) is -0.335. The topological polar surface area (TPSA) is 74.5 Å². The fraction of sp³-hybridized carbons (Fsp3) is 0.273. The summed E-state index contributed by atoms with van der Waals surface area (Å²) in [4.78, 5) is 25.9. The summed E-state index contributed by atoms with van der Waals surface area (Å²) < 4.78 is 14.4. The molecule has 0 fully saturated rings. The predicted molar refractivity (Wildman–Crippen MR) is 112 cm³/mol. The molecule has 1 amide bonds. The van der Waals surface area contributed by atoms with E-state index >= 15 is 0 Å². The van der Waals surface area contributed by atoms with Crippen LogP contribution in [0.3, 0.4) is 0 Å². The first-order valence-electron chi connectivity index (χ1n) is 9.42. The Morgan fingerprint density at radius 1 is 1.07 bits per heavy atom. The Bertz CT molecular complexity index is 1050. The van der Waals surface area contributed by atoms with Crippen LogP contribution in [0.5, 0.6) is 11.5 Å². The molecule has 0 spiro atoms. The number of hydrogen-bond acceptors (Lipinski definition) is 4. The largest absolute Gasteiger partial charge is 0.493 e. The molecule has 0 unspecified atom stereocenters. The quantitative estimate of drug-likeness (QED) is 0.666. The number of nitrogens with one attached hydrogen (secondary N) is 1. The van der Waals surface area contributed by atoms with Gasteiger partial charge >= 0.3 is 0 Å². The lowest BCUT2D eigenvalue weighted by atomic mass is 10.2. The molecule has 1 atom stereocenters. The van der Waals surface area contributed by atoms with Gasteiger partial charge in [0.05, 0.1) is 18.5 Å². The molecule has 1 N–H and O–H groups in total. The van der Waals surface area contributed by atoms with Crippen LogP contribution in [0.2, 0.25) is 0 Å². The lowest BCUT2D eigenvalue weighted by Gasteiger charge is -2.18. The van der Waals surface area contributed by atoms with Gasteiger partial charge in [-0.25, -0.2) is 4.68 Å². The van der Waals surface area contributed by atoms with Gasteiger partial charge < -0.3 is 14.8 Å². The molecule has 3 aromatic rings. The van der Waals surface area contributed by atoms with Crippen molar-refractivity contribution >= 4 is 11.6 Å². The monoisotopic (exact) mass is 395 g/mol. The Hall–Kier alpha value is -3.48. The Morgan fingerprint density at radius 3 is 2.31 bits per heavy atom. The van der Waals surface area contributed by atoms with Crippen LogP contribution in [-0.2, 0) is 11.8 Å². The van der Waals surface area contributed by atoms with Gasteiger partial charge in [0.15, 0.2) is 17.6 Å². The maximum atomic E-state index is 13.0. The molecular formula is C22H25N3O4. The fourth-order valence-electron chi connectivity index (χ4n) is 3.11. The molecule has 0 bridgehead atoms. The molecule has 3 rings (SSSR count). The zero-order valence-corrected chi connectivity index (χ0v) is 17.0. The Labute approximate surface area is 169 Å². The van der Waals surface area contributed by atoms with Crippen molar-refractivity contribution in [3.05, 3.63) is 70.6 Å². The Morgan fingerprint density at radius 2 is 1.69 bits per heavy atom. The molecule has 7 nitrogen and oxygen atoms in total. The number of nitrogens with zero attached hydrogens (tertiary/aromatic N) is 2. The predicted octanol–water partition coefficient (Wildman–Crippen LogP) is 3.29. The van der Waals surface area contributed by atoms with Crippen molar-refractivity contribution in [2.45, 2.75) is 26.4 Å². The van der Waals surface area contributed by atoms with E-state index in [1.165, 1.54) is 4.68 Å². The maximum absolute atomic E-state index is 13.0. The van der Waals surface area contributed by atoms with E-state index in [2.05, 4.69) is 5.32 Å². The molecule has 29 heavy (non-hydrogen) atoms. The number of hydrogen-bond donors (Lipinski definition) is 1. The highest BCUT2D eigenvalue weighted by atomic mass is 16.5. The zero-order valence-electron chi connectivity index (χ0n) is 17.0. The summed E-state index contributed by atoms with van der Waals surface area (Å²) in [5.41, 5.74) is 1.32. The van der Waals surface area contributed by atoms with E-state index < -0.39 is 6.10 Å². The summed E-state index contributed by atoms with van der Waals surface area (Å²) >= 11 is 0. The number of carbonyl (C=O) groups excluding carboxylic acids is 1. The van der Waals surface area contributed by atoms with E-state index in [4.69, 9.17) is 9.47 Å². The number of rotatable bonds is 7. The molecule has 0 aliphatic carbocycles. The van der Waals surface area contributed by atoms with Gasteiger partial charge in [-0.1, -0.05) is 37.3 Å². The number of anilines is 1. The van der Waals surface area contributed by atoms with Crippen LogP contribution in [-0.4, -0.2) is 28.5 Å². The van der Waals surface area contributed by atoms with Crippen LogP contribution in [0.25, 0.3) is 5.69 Å². The SMILES string of the molecule is CC[C@H](Oc1ccccc1OC)C(=O)Nc1c(C)n(C)n(-c2ccccc2)c1=O. The molecular weight excluding hydrogens is 370 g/mol. The fourth-order valence-corrected chi connectivity index (χ4v) is 3.11. The molecule has 1 aromatic heterocycles. The third kappa shape index (κ3) is 4.03. The van der Waals surface area contributed by atoms with Crippen molar-refractivity contribution in [3.63, 3.8) is 0 Å². The second kappa shape index (κ2) is 8.68. The zero-order chi connectivity index (χ0) is 21.0.